The highest BCUT2D eigenvalue weighted by Gasteiger charge is 2.14. The Morgan fingerprint density at radius 1 is 1.20 bits per heavy atom. The number of hydrogen-bond acceptors (Lipinski definition) is 4. The minimum absolute atomic E-state index is 0.203. The molecule has 0 aliphatic rings. The van der Waals surface area contributed by atoms with E-state index in [0.717, 1.165) is 11.1 Å². The monoisotopic (exact) mass is 360 g/mol. The number of aliphatic hydroxyl groups excluding tert-OH is 1. The molecule has 0 aliphatic heterocycles. The lowest BCUT2D eigenvalue weighted by Gasteiger charge is -2.09. The molecule has 0 bridgehead atoms. The summed E-state index contributed by atoms with van der Waals surface area (Å²) in [4.78, 5) is 4.35. The van der Waals surface area contributed by atoms with Crippen LogP contribution in [0.2, 0.25) is 0 Å². The Hall–Kier alpha value is -2.42. The van der Waals surface area contributed by atoms with Crippen LogP contribution in [0.15, 0.2) is 48.5 Å². The van der Waals surface area contributed by atoms with Crippen molar-refractivity contribution in [2.24, 2.45) is 7.05 Å². The summed E-state index contributed by atoms with van der Waals surface area (Å²) in [7, 11) is -1.90. The van der Waals surface area contributed by atoms with E-state index in [1.807, 2.05) is 37.4 Å². The first-order valence-corrected chi connectivity index (χ1v) is 9.30. The van der Waals surface area contributed by atoms with Crippen molar-refractivity contribution >= 4 is 26.9 Å². The summed E-state index contributed by atoms with van der Waals surface area (Å²) in [6.07, 6.45) is -0.704. The largest absolute Gasteiger partial charge is 0.385 e. The van der Waals surface area contributed by atoms with Crippen molar-refractivity contribution in [3.63, 3.8) is 0 Å². The van der Waals surface area contributed by atoms with E-state index < -0.39 is 16.3 Å². The number of benzene rings is 2. The Morgan fingerprint density at radius 2 is 1.92 bits per heavy atom. The van der Waals surface area contributed by atoms with E-state index in [9.17, 15) is 13.5 Å². The normalized spacial score (nSPS) is 13.1. The standard InChI is InChI=1S/C17H20N4O3S/c1-12(22)17-19-15-10-14(8-9-16(15)21(17)2)20-25(23,24)18-11-13-6-4-3-5-7-13/h3-10,12,18,20,22H,11H2,1-2H3/t12-/m0/s1. The number of nitrogens with one attached hydrogen (secondary N) is 2. The van der Waals surface area contributed by atoms with Gasteiger partial charge < -0.3 is 9.67 Å². The molecule has 3 rings (SSSR count). The molecule has 3 N–H and O–H groups in total. The van der Waals surface area contributed by atoms with E-state index in [1.165, 1.54) is 0 Å². The predicted octanol–water partition coefficient (Wildman–Crippen LogP) is 2.07. The first-order valence-electron chi connectivity index (χ1n) is 7.81. The molecule has 25 heavy (non-hydrogen) atoms. The summed E-state index contributed by atoms with van der Waals surface area (Å²) in [5.41, 5.74) is 2.70. The molecule has 0 fully saturated rings. The molecule has 8 heteroatoms. The van der Waals surface area contributed by atoms with Gasteiger partial charge in [0, 0.05) is 13.6 Å². The molecular formula is C17H20N4O3S. The van der Waals surface area contributed by atoms with Gasteiger partial charge in [0.2, 0.25) is 0 Å². The maximum absolute atomic E-state index is 12.2. The topological polar surface area (TPSA) is 96.2 Å². The fourth-order valence-corrected chi connectivity index (χ4v) is 3.49. The number of anilines is 1. The van der Waals surface area contributed by atoms with Crippen molar-refractivity contribution in [3.8, 4) is 0 Å². The smallest absolute Gasteiger partial charge is 0.299 e. The van der Waals surface area contributed by atoms with Crippen LogP contribution in [0.5, 0.6) is 0 Å². The quantitative estimate of drug-likeness (QED) is 0.627. The maximum Gasteiger partial charge on any atom is 0.299 e. The summed E-state index contributed by atoms with van der Waals surface area (Å²) in [5, 5.41) is 9.73. The van der Waals surface area contributed by atoms with Gasteiger partial charge in [0.05, 0.1) is 16.7 Å². The molecule has 7 nitrogen and oxygen atoms in total. The average Bonchev–Trinajstić information content (AvgIpc) is 2.90. The number of hydrogen-bond donors (Lipinski definition) is 3. The van der Waals surface area contributed by atoms with Crippen molar-refractivity contribution in [1.29, 1.82) is 0 Å². The third-order valence-electron chi connectivity index (χ3n) is 3.85. The van der Waals surface area contributed by atoms with E-state index >= 15 is 0 Å². The molecule has 2 aromatic carbocycles. The summed E-state index contributed by atoms with van der Waals surface area (Å²) in [6.45, 7) is 1.84. The van der Waals surface area contributed by atoms with E-state index in [2.05, 4.69) is 14.4 Å². The van der Waals surface area contributed by atoms with Crippen molar-refractivity contribution in [3.05, 3.63) is 59.9 Å². The number of aliphatic hydroxyl groups is 1. The molecule has 1 aromatic heterocycles. The van der Waals surface area contributed by atoms with Gasteiger partial charge >= 0.3 is 0 Å². The highest BCUT2D eigenvalue weighted by molar-refractivity contribution is 7.90. The Balaban J connectivity index is 1.77. The molecule has 0 saturated carbocycles. The second kappa shape index (κ2) is 6.83. The minimum atomic E-state index is -3.71. The number of rotatable bonds is 6. The lowest BCUT2D eigenvalue weighted by molar-refractivity contribution is 0.186. The molecule has 1 atom stereocenters. The second-order valence-electron chi connectivity index (χ2n) is 5.82. The number of aryl methyl sites for hydroxylation is 1. The van der Waals surface area contributed by atoms with Crippen LogP contribution in [0.4, 0.5) is 5.69 Å². The predicted molar refractivity (Wildman–Crippen MR) is 97.2 cm³/mol. The van der Waals surface area contributed by atoms with E-state index in [0.29, 0.717) is 17.0 Å². The zero-order chi connectivity index (χ0) is 18.0. The van der Waals surface area contributed by atoms with Crippen LogP contribution in [-0.2, 0) is 23.8 Å². The fourth-order valence-electron chi connectivity index (χ4n) is 2.62. The fraction of sp³-hybridized carbons (Fsp3) is 0.235. The summed E-state index contributed by atoms with van der Waals surface area (Å²) >= 11 is 0. The van der Waals surface area contributed by atoms with Crippen molar-refractivity contribution in [1.82, 2.24) is 14.3 Å². The Bertz CT molecular complexity index is 982. The maximum atomic E-state index is 12.2. The van der Waals surface area contributed by atoms with Crippen LogP contribution in [0.3, 0.4) is 0 Å². The highest BCUT2D eigenvalue weighted by Crippen LogP contribution is 2.23. The molecule has 0 aliphatic carbocycles. The van der Waals surface area contributed by atoms with Crippen molar-refractivity contribution in [2.75, 3.05) is 4.72 Å². The van der Waals surface area contributed by atoms with E-state index in [1.54, 1.807) is 29.7 Å². The summed E-state index contributed by atoms with van der Waals surface area (Å²) < 4.78 is 31.2. The highest BCUT2D eigenvalue weighted by atomic mass is 32.2. The van der Waals surface area contributed by atoms with Crippen LogP contribution in [0, 0.1) is 0 Å². The summed E-state index contributed by atoms with van der Waals surface area (Å²) in [6, 6.07) is 14.3. The number of imidazole rings is 1. The van der Waals surface area contributed by atoms with Gasteiger partial charge in [0.15, 0.2) is 0 Å². The molecule has 1 heterocycles. The SMILES string of the molecule is C[C@H](O)c1nc2cc(NS(=O)(=O)NCc3ccccc3)ccc2n1C. The zero-order valence-corrected chi connectivity index (χ0v) is 14.8. The molecule has 0 radical (unpaired) electrons. The number of aromatic nitrogens is 2. The molecule has 3 aromatic rings. The van der Waals surface area contributed by atoms with Gasteiger partial charge in [-0.3, -0.25) is 4.72 Å². The van der Waals surface area contributed by atoms with Gasteiger partial charge in [0.1, 0.15) is 11.9 Å². The Labute approximate surface area is 146 Å². The van der Waals surface area contributed by atoms with E-state index in [4.69, 9.17) is 0 Å². The Morgan fingerprint density at radius 3 is 2.60 bits per heavy atom. The number of nitrogens with zero attached hydrogens (tertiary/aromatic N) is 2. The van der Waals surface area contributed by atoms with Gasteiger partial charge in [-0.1, -0.05) is 30.3 Å². The second-order valence-corrected chi connectivity index (χ2v) is 7.32. The van der Waals surface area contributed by atoms with Crippen molar-refractivity contribution < 1.29 is 13.5 Å². The molecule has 0 amide bonds. The van der Waals surface area contributed by atoms with Crippen LogP contribution in [0.1, 0.15) is 24.4 Å². The molecule has 0 saturated heterocycles. The third kappa shape index (κ3) is 3.98. The zero-order valence-electron chi connectivity index (χ0n) is 14.0. The van der Waals surface area contributed by atoms with E-state index in [-0.39, 0.29) is 6.54 Å². The van der Waals surface area contributed by atoms with Gasteiger partial charge in [-0.2, -0.15) is 13.1 Å². The first kappa shape index (κ1) is 17.4. The molecule has 0 spiro atoms. The average molecular weight is 360 g/mol. The molecule has 132 valence electrons. The summed E-state index contributed by atoms with van der Waals surface area (Å²) in [5.74, 6) is 0.525. The van der Waals surface area contributed by atoms with Crippen molar-refractivity contribution in [2.45, 2.75) is 19.6 Å². The van der Waals surface area contributed by atoms with Crippen LogP contribution in [0.25, 0.3) is 11.0 Å². The first-order chi connectivity index (χ1) is 11.9. The minimum Gasteiger partial charge on any atom is -0.385 e. The van der Waals surface area contributed by atoms with Gasteiger partial charge in [-0.25, -0.2) is 4.98 Å². The van der Waals surface area contributed by atoms with Crippen LogP contribution >= 0.6 is 0 Å². The van der Waals surface area contributed by atoms with Crippen LogP contribution < -0.4 is 9.44 Å². The molecular weight excluding hydrogens is 340 g/mol. The Kier molecular flexibility index (Phi) is 4.76. The van der Waals surface area contributed by atoms with Gasteiger partial charge in [-0.05, 0) is 30.7 Å². The van der Waals surface area contributed by atoms with Gasteiger partial charge in [-0.15, -0.1) is 0 Å². The third-order valence-corrected chi connectivity index (χ3v) is 4.88. The van der Waals surface area contributed by atoms with Gasteiger partial charge in [0.25, 0.3) is 10.2 Å². The lowest BCUT2D eigenvalue weighted by Crippen LogP contribution is -2.29. The van der Waals surface area contributed by atoms with Crippen LogP contribution in [-0.4, -0.2) is 23.1 Å². The number of fused-ring (bicyclic) bond motifs is 1. The lowest BCUT2D eigenvalue weighted by atomic mass is 10.2. The molecule has 0 unspecified atom stereocenters.